The molecule has 4 nitrogen and oxygen atoms in total. The zero-order chi connectivity index (χ0) is 13.5. The third-order valence-corrected chi connectivity index (χ3v) is 4.46. The van der Waals surface area contributed by atoms with Crippen molar-refractivity contribution >= 4 is 5.78 Å². The molecular weight excluding hydrogens is 244 g/mol. The van der Waals surface area contributed by atoms with Crippen LogP contribution in [0.3, 0.4) is 0 Å². The summed E-state index contributed by atoms with van der Waals surface area (Å²) in [6.45, 7) is 1.53. The molecule has 0 radical (unpaired) electrons. The third-order valence-electron chi connectivity index (χ3n) is 4.46. The number of benzene rings is 1. The Balaban J connectivity index is 1.92. The Bertz CT molecular complexity index is 482. The molecule has 1 saturated heterocycles. The first-order chi connectivity index (χ1) is 9.05. The third kappa shape index (κ3) is 1.91. The monoisotopic (exact) mass is 262 g/mol. The summed E-state index contributed by atoms with van der Waals surface area (Å²) in [5, 5.41) is 10.4. The molecule has 1 spiro atoms. The van der Waals surface area contributed by atoms with Gasteiger partial charge in [0.25, 0.3) is 0 Å². The quantitative estimate of drug-likeness (QED) is 0.790. The van der Waals surface area contributed by atoms with Crippen molar-refractivity contribution in [2.45, 2.75) is 44.5 Å². The zero-order valence-corrected chi connectivity index (χ0v) is 11.0. The maximum atomic E-state index is 12.2. The van der Waals surface area contributed by atoms with E-state index >= 15 is 0 Å². The Kier molecular flexibility index (Phi) is 2.96. The zero-order valence-electron chi connectivity index (χ0n) is 11.0. The number of Topliss-reactive ketones (excluding diaryl/α,β-unsaturated/α-hetero) is 1. The first-order valence-corrected chi connectivity index (χ1v) is 6.70. The van der Waals surface area contributed by atoms with Gasteiger partial charge in [0.05, 0.1) is 5.41 Å². The summed E-state index contributed by atoms with van der Waals surface area (Å²) in [4.78, 5) is 22.7. The molecule has 3 unspecified atom stereocenters. The molecule has 1 saturated carbocycles. The van der Waals surface area contributed by atoms with E-state index in [0.29, 0.717) is 19.3 Å². The van der Waals surface area contributed by atoms with Crippen molar-refractivity contribution in [3.63, 3.8) is 0 Å². The summed E-state index contributed by atoms with van der Waals surface area (Å²) in [6.07, 6.45) is 2.15. The minimum absolute atomic E-state index is 0.0849. The van der Waals surface area contributed by atoms with Crippen LogP contribution < -0.4 is 0 Å². The van der Waals surface area contributed by atoms with Crippen LogP contribution in [0.4, 0.5) is 0 Å². The highest BCUT2D eigenvalue weighted by molar-refractivity contribution is 5.88. The summed E-state index contributed by atoms with van der Waals surface area (Å²) in [5.74, 6) is -1.45. The highest BCUT2D eigenvalue weighted by atomic mass is 17.2. The predicted molar refractivity (Wildman–Crippen MR) is 67.9 cm³/mol. The normalized spacial score (nSPS) is 38.8. The van der Waals surface area contributed by atoms with Crippen molar-refractivity contribution in [2.24, 2.45) is 5.41 Å². The van der Waals surface area contributed by atoms with Gasteiger partial charge in [-0.2, -0.15) is 4.89 Å². The lowest BCUT2D eigenvalue weighted by molar-refractivity contribution is -0.485. The second-order valence-corrected chi connectivity index (χ2v) is 5.62. The molecule has 3 rings (SSSR count). The van der Waals surface area contributed by atoms with Crippen molar-refractivity contribution in [1.29, 1.82) is 0 Å². The van der Waals surface area contributed by atoms with Gasteiger partial charge in [-0.15, -0.1) is 0 Å². The Hall–Kier alpha value is -1.23. The summed E-state index contributed by atoms with van der Waals surface area (Å²) in [5.41, 5.74) is 0.142. The molecule has 0 amide bonds. The Morgan fingerprint density at radius 2 is 2.05 bits per heavy atom. The molecule has 1 N–H and O–H groups in total. The number of hydrogen-bond acceptors (Lipinski definition) is 4. The molecular formula is C15H18O4. The van der Waals surface area contributed by atoms with Gasteiger partial charge in [-0.05, 0) is 31.7 Å². The molecule has 0 bridgehead atoms. The summed E-state index contributed by atoms with van der Waals surface area (Å²) >= 11 is 0. The van der Waals surface area contributed by atoms with Gasteiger partial charge in [0.1, 0.15) is 11.9 Å². The van der Waals surface area contributed by atoms with Crippen LogP contribution in [0, 0.1) is 5.41 Å². The number of carbonyl (C=O) groups is 1. The van der Waals surface area contributed by atoms with Crippen molar-refractivity contribution in [2.75, 3.05) is 0 Å². The molecule has 4 heteroatoms. The summed E-state index contributed by atoms with van der Waals surface area (Å²) < 4.78 is 0. The van der Waals surface area contributed by atoms with Crippen LogP contribution in [0.5, 0.6) is 0 Å². The average molecular weight is 262 g/mol. The number of ketones is 1. The first kappa shape index (κ1) is 12.8. The van der Waals surface area contributed by atoms with Crippen molar-refractivity contribution in [1.82, 2.24) is 0 Å². The average Bonchev–Trinajstić information content (AvgIpc) is 2.77. The molecule has 2 fully saturated rings. The van der Waals surface area contributed by atoms with Gasteiger partial charge in [0.15, 0.2) is 0 Å². The van der Waals surface area contributed by atoms with E-state index in [4.69, 9.17) is 9.78 Å². The van der Waals surface area contributed by atoms with Gasteiger partial charge in [0, 0.05) is 6.42 Å². The van der Waals surface area contributed by atoms with E-state index in [1.54, 1.807) is 0 Å². The van der Waals surface area contributed by atoms with Crippen LogP contribution >= 0.6 is 0 Å². The van der Waals surface area contributed by atoms with E-state index in [0.717, 1.165) is 12.0 Å². The summed E-state index contributed by atoms with van der Waals surface area (Å²) in [6, 6.07) is 9.67. The number of hydrogen-bond donors (Lipinski definition) is 1. The maximum absolute atomic E-state index is 12.2. The molecule has 102 valence electrons. The molecule has 1 heterocycles. The lowest BCUT2D eigenvalue weighted by Crippen LogP contribution is -2.54. The van der Waals surface area contributed by atoms with Gasteiger partial charge in [-0.1, -0.05) is 30.3 Å². The van der Waals surface area contributed by atoms with Gasteiger partial charge in [-0.3, -0.25) is 4.79 Å². The highest BCUT2D eigenvalue weighted by Gasteiger charge is 2.60. The van der Waals surface area contributed by atoms with E-state index in [9.17, 15) is 9.90 Å². The fraction of sp³-hybridized carbons (Fsp3) is 0.533. The van der Waals surface area contributed by atoms with Crippen molar-refractivity contribution < 1.29 is 19.7 Å². The van der Waals surface area contributed by atoms with E-state index in [1.807, 2.05) is 30.3 Å². The van der Waals surface area contributed by atoms with Crippen molar-refractivity contribution in [3.05, 3.63) is 35.9 Å². The van der Waals surface area contributed by atoms with Crippen LogP contribution in [0.25, 0.3) is 0 Å². The minimum atomic E-state index is -1.54. The summed E-state index contributed by atoms with van der Waals surface area (Å²) in [7, 11) is 0. The Morgan fingerprint density at radius 3 is 2.68 bits per heavy atom. The van der Waals surface area contributed by atoms with Crippen LogP contribution in [0.1, 0.15) is 44.3 Å². The van der Waals surface area contributed by atoms with E-state index < -0.39 is 11.2 Å². The topological polar surface area (TPSA) is 55.8 Å². The van der Waals surface area contributed by atoms with Crippen molar-refractivity contribution in [3.8, 4) is 0 Å². The molecule has 19 heavy (non-hydrogen) atoms. The van der Waals surface area contributed by atoms with Crippen LogP contribution in [-0.4, -0.2) is 16.7 Å². The first-order valence-electron chi connectivity index (χ1n) is 6.70. The van der Waals surface area contributed by atoms with E-state index in [-0.39, 0.29) is 11.9 Å². The Morgan fingerprint density at radius 1 is 1.32 bits per heavy atom. The Labute approximate surface area is 112 Å². The molecule has 2 aliphatic rings. The molecule has 3 atom stereocenters. The SMILES string of the molecule is CC1(O)OOC(c2ccccc2)CC12CCCC2=O. The molecule has 1 aromatic rings. The highest BCUT2D eigenvalue weighted by Crippen LogP contribution is 2.53. The van der Waals surface area contributed by atoms with Crippen LogP contribution in [0.2, 0.25) is 0 Å². The lowest BCUT2D eigenvalue weighted by Gasteiger charge is -2.46. The number of aliphatic hydroxyl groups is 1. The van der Waals surface area contributed by atoms with E-state index in [2.05, 4.69) is 0 Å². The number of rotatable bonds is 1. The molecule has 1 aromatic carbocycles. The predicted octanol–water partition coefficient (Wildman–Crippen LogP) is 2.53. The maximum Gasteiger partial charge on any atom is 0.209 e. The van der Waals surface area contributed by atoms with Gasteiger partial charge >= 0.3 is 0 Å². The smallest absolute Gasteiger partial charge is 0.209 e. The molecule has 0 aromatic heterocycles. The second kappa shape index (κ2) is 4.40. The fourth-order valence-corrected chi connectivity index (χ4v) is 3.25. The van der Waals surface area contributed by atoms with E-state index in [1.165, 1.54) is 6.92 Å². The lowest BCUT2D eigenvalue weighted by atomic mass is 9.71. The largest absolute Gasteiger partial charge is 0.363 e. The second-order valence-electron chi connectivity index (χ2n) is 5.62. The van der Waals surface area contributed by atoms with Gasteiger partial charge in [-0.25, -0.2) is 4.89 Å². The van der Waals surface area contributed by atoms with Gasteiger partial charge < -0.3 is 5.11 Å². The molecule has 1 aliphatic heterocycles. The minimum Gasteiger partial charge on any atom is -0.363 e. The van der Waals surface area contributed by atoms with Crippen LogP contribution in [-0.2, 0) is 14.6 Å². The molecule has 1 aliphatic carbocycles. The van der Waals surface area contributed by atoms with Gasteiger partial charge in [0.2, 0.25) is 5.79 Å². The fourth-order valence-electron chi connectivity index (χ4n) is 3.25. The van der Waals surface area contributed by atoms with Crippen LogP contribution in [0.15, 0.2) is 30.3 Å². The number of carbonyl (C=O) groups excluding carboxylic acids is 1. The standard InChI is InChI=1S/C15H18O4/c1-14(17)15(9-5-8-13(15)16)10-12(18-19-14)11-6-3-2-4-7-11/h2-4,6-7,12,17H,5,8-10H2,1H3.